The maximum absolute atomic E-state index is 13.7. The molecule has 4 aliphatic heterocycles. The predicted octanol–water partition coefficient (Wildman–Crippen LogP) is 4.25. The van der Waals surface area contributed by atoms with Crippen LogP contribution in [0.3, 0.4) is 0 Å². The number of aliphatic hydroxyl groups is 1. The second-order valence-corrected chi connectivity index (χ2v) is 15.5. The van der Waals surface area contributed by atoms with Crippen LogP contribution in [0.5, 0.6) is 0 Å². The van der Waals surface area contributed by atoms with E-state index in [1.54, 1.807) is 38.4 Å². The Kier molecular flexibility index (Phi) is 8.71. The number of imide groups is 1. The van der Waals surface area contributed by atoms with E-state index in [2.05, 4.69) is 32.5 Å². The maximum Gasteiger partial charge on any atom is 0.416 e. The number of aromatic nitrogens is 2. The molecule has 8 rings (SSSR count). The van der Waals surface area contributed by atoms with E-state index in [0.29, 0.717) is 66.1 Å². The van der Waals surface area contributed by atoms with Gasteiger partial charge >= 0.3 is 6.18 Å². The zero-order valence-corrected chi connectivity index (χ0v) is 29.8. The Morgan fingerprint density at radius 2 is 1.72 bits per heavy atom. The Bertz CT molecular complexity index is 2100. The summed E-state index contributed by atoms with van der Waals surface area (Å²) in [5.41, 5.74) is 0.860. The van der Waals surface area contributed by atoms with Gasteiger partial charge in [0.05, 0.1) is 34.6 Å². The van der Waals surface area contributed by atoms with Crippen LogP contribution in [0.4, 0.5) is 30.2 Å². The predicted molar refractivity (Wildman–Crippen MR) is 191 cm³/mol. The molecule has 5 aliphatic rings. The Morgan fingerprint density at radius 3 is 2.43 bits per heavy atom. The summed E-state index contributed by atoms with van der Waals surface area (Å²) in [5.74, 6) is 5.39. The molecule has 4 atom stereocenters. The number of anilines is 3. The minimum absolute atomic E-state index is 0.0161. The summed E-state index contributed by atoms with van der Waals surface area (Å²) in [6.07, 6.45) is 0.949. The van der Waals surface area contributed by atoms with Crippen LogP contribution in [-0.2, 0) is 26.1 Å². The van der Waals surface area contributed by atoms with Gasteiger partial charge in [-0.15, -0.1) is 0 Å². The molecule has 5 heterocycles. The fourth-order valence-corrected chi connectivity index (χ4v) is 8.36. The van der Waals surface area contributed by atoms with Gasteiger partial charge in [0, 0.05) is 55.6 Å². The molecule has 3 aromatic rings. The molecule has 3 N–H and O–H groups in total. The number of hydrogen-bond acceptors (Lipinski definition) is 8. The lowest BCUT2D eigenvalue weighted by Crippen LogP contribution is -2.53. The lowest BCUT2D eigenvalue weighted by atomic mass is 9.98. The quantitative estimate of drug-likeness (QED) is 0.252. The van der Waals surface area contributed by atoms with Gasteiger partial charge in [0.1, 0.15) is 11.6 Å². The van der Waals surface area contributed by atoms with Gasteiger partial charge in [0.25, 0.3) is 11.8 Å². The van der Waals surface area contributed by atoms with Gasteiger partial charge in [-0.1, -0.05) is 24.3 Å². The first-order valence-corrected chi connectivity index (χ1v) is 18.2. The van der Waals surface area contributed by atoms with Crippen molar-refractivity contribution in [1.29, 1.82) is 0 Å². The summed E-state index contributed by atoms with van der Waals surface area (Å²) in [6, 6.07) is 7.74. The summed E-state index contributed by atoms with van der Waals surface area (Å²) >= 11 is 0. The van der Waals surface area contributed by atoms with Crippen molar-refractivity contribution in [2.45, 2.75) is 69.9 Å². The average molecular weight is 744 g/mol. The van der Waals surface area contributed by atoms with Crippen molar-refractivity contribution < 1.29 is 37.5 Å². The maximum atomic E-state index is 13.7. The lowest BCUT2D eigenvalue weighted by Gasteiger charge is -2.38. The van der Waals surface area contributed by atoms with E-state index in [4.69, 9.17) is 0 Å². The number of fused-ring (bicyclic) bond motifs is 2. The molecular formula is C39H40F3N7O5. The van der Waals surface area contributed by atoms with E-state index < -0.39 is 53.2 Å². The third-order valence-electron chi connectivity index (χ3n) is 11.6. The van der Waals surface area contributed by atoms with Gasteiger partial charge in [-0.3, -0.25) is 34.1 Å². The number of nitrogens with one attached hydrogen (secondary N) is 2. The number of alkyl halides is 3. The van der Waals surface area contributed by atoms with Crippen LogP contribution >= 0.6 is 0 Å². The number of amides is 4. The van der Waals surface area contributed by atoms with Crippen LogP contribution in [0.15, 0.2) is 48.8 Å². The van der Waals surface area contributed by atoms with Crippen molar-refractivity contribution in [3.63, 3.8) is 0 Å². The molecule has 1 aromatic heterocycles. The van der Waals surface area contributed by atoms with Gasteiger partial charge in [0.2, 0.25) is 11.8 Å². The molecule has 15 heteroatoms. The van der Waals surface area contributed by atoms with E-state index >= 15 is 0 Å². The monoisotopic (exact) mass is 743 g/mol. The normalized spacial score (nSPS) is 24.2. The van der Waals surface area contributed by atoms with E-state index in [9.17, 15) is 37.5 Å². The standard InChI is InChI=1S/C39H40F3N7O5/c1-38(2,37(54)44-30-11-8-26(39(40,41)42)14-32(30)47-20-24-4-3-5-25(24)21-47)48-19-22(16-43-48)6-7-23-17-46(18-23)27-9-10-28-29(15-27)36(53)49(35(28)52)31-12-13-33(50)45-34(31)51/h8-11,14-16,19,23-25,31,35,52H,3-5,12-13,17-18,20-21H2,1-2H3,(H,44,54)(H,45,50,51). The molecule has 4 unspecified atom stereocenters. The average Bonchev–Trinajstić information content (AvgIpc) is 3.89. The fraction of sp³-hybridized carbons (Fsp3) is 0.462. The number of piperidine rings is 1. The molecular weight excluding hydrogens is 703 g/mol. The number of carbonyl (C=O) groups excluding carboxylic acids is 4. The topological polar surface area (TPSA) is 140 Å². The zero-order chi connectivity index (χ0) is 38.1. The first-order valence-electron chi connectivity index (χ1n) is 18.2. The van der Waals surface area contributed by atoms with Gasteiger partial charge in [-0.2, -0.15) is 18.3 Å². The van der Waals surface area contributed by atoms with Crippen LogP contribution < -0.4 is 20.4 Å². The number of nitrogens with zero attached hydrogens (tertiary/aromatic N) is 5. The Hall–Kier alpha value is -5.36. The lowest BCUT2D eigenvalue weighted by molar-refractivity contribution is -0.140. The molecule has 0 radical (unpaired) electrons. The van der Waals surface area contributed by atoms with Crippen molar-refractivity contribution in [2.24, 2.45) is 17.8 Å². The summed E-state index contributed by atoms with van der Waals surface area (Å²) < 4.78 is 42.6. The molecule has 0 spiro atoms. The second kappa shape index (κ2) is 13.2. The summed E-state index contributed by atoms with van der Waals surface area (Å²) in [4.78, 5) is 56.1. The second-order valence-electron chi connectivity index (χ2n) is 15.5. The summed E-state index contributed by atoms with van der Waals surface area (Å²) in [6.45, 7) is 5.89. The Balaban J connectivity index is 0.905. The summed E-state index contributed by atoms with van der Waals surface area (Å²) in [5, 5.41) is 20.4. The molecule has 2 aromatic carbocycles. The van der Waals surface area contributed by atoms with Gasteiger partial charge < -0.3 is 20.2 Å². The van der Waals surface area contributed by atoms with Gasteiger partial charge in [0.15, 0.2) is 6.23 Å². The minimum atomic E-state index is -4.51. The van der Waals surface area contributed by atoms with Crippen LogP contribution in [0.1, 0.15) is 79.2 Å². The highest BCUT2D eigenvalue weighted by molar-refractivity contribution is 6.06. The van der Waals surface area contributed by atoms with Crippen LogP contribution in [-0.4, -0.2) is 75.6 Å². The van der Waals surface area contributed by atoms with Crippen molar-refractivity contribution in [1.82, 2.24) is 20.0 Å². The smallest absolute Gasteiger partial charge is 0.369 e. The molecule has 282 valence electrons. The first-order chi connectivity index (χ1) is 25.7. The number of aliphatic hydroxyl groups excluding tert-OH is 1. The number of carbonyl (C=O) groups is 4. The Labute approximate surface area is 309 Å². The first kappa shape index (κ1) is 35.7. The third kappa shape index (κ3) is 6.36. The van der Waals surface area contributed by atoms with Crippen molar-refractivity contribution in [3.8, 4) is 11.8 Å². The van der Waals surface area contributed by atoms with Gasteiger partial charge in [-0.05, 0) is 75.3 Å². The van der Waals surface area contributed by atoms with Crippen molar-refractivity contribution in [3.05, 3.63) is 71.0 Å². The molecule has 54 heavy (non-hydrogen) atoms. The van der Waals surface area contributed by atoms with Crippen LogP contribution in [0, 0.1) is 29.6 Å². The highest BCUT2D eigenvalue weighted by atomic mass is 19.4. The summed E-state index contributed by atoms with van der Waals surface area (Å²) in [7, 11) is 0. The molecule has 12 nitrogen and oxygen atoms in total. The molecule has 3 saturated heterocycles. The fourth-order valence-electron chi connectivity index (χ4n) is 8.36. The minimum Gasteiger partial charge on any atom is -0.369 e. The largest absolute Gasteiger partial charge is 0.416 e. The van der Waals surface area contributed by atoms with E-state index in [1.807, 2.05) is 11.0 Å². The van der Waals surface area contributed by atoms with E-state index in [1.165, 1.54) is 10.7 Å². The van der Waals surface area contributed by atoms with Crippen molar-refractivity contribution >= 4 is 40.7 Å². The van der Waals surface area contributed by atoms with Crippen LogP contribution in [0.25, 0.3) is 0 Å². The third-order valence-corrected chi connectivity index (χ3v) is 11.6. The molecule has 1 aliphatic carbocycles. The molecule has 4 fully saturated rings. The van der Waals surface area contributed by atoms with Crippen molar-refractivity contribution in [2.75, 3.05) is 41.3 Å². The Morgan fingerprint density at radius 1 is 0.981 bits per heavy atom. The zero-order valence-electron chi connectivity index (χ0n) is 29.8. The SMILES string of the molecule is CC(C)(C(=O)Nc1ccc(C(F)(F)F)cc1N1CC2CCCC2C1)n1cc(C#CC2CN(c3ccc4c(c3)C(=O)N(C3CCC(=O)NC3=O)C4O)C2)cn1. The van der Waals surface area contributed by atoms with Gasteiger partial charge in [-0.25, -0.2) is 0 Å². The number of hydrogen-bond donors (Lipinski definition) is 3. The number of benzene rings is 2. The number of halogens is 3. The molecule has 4 amide bonds. The number of rotatable bonds is 6. The molecule has 1 saturated carbocycles. The van der Waals surface area contributed by atoms with E-state index in [0.717, 1.165) is 42.0 Å². The highest BCUT2D eigenvalue weighted by Crippen LogP contribution is 2.44. The van der Waals surface area contributed by atoms with Crippen LogP contribution in [0.2, 0.25) is 0 Å². The highest BCUT2D eigenvalue weighted by Gasteiger charge is 2.45. The molecule has 0 bridgehead atoms. The van der Waals surface area contributed by atoms with E-state index in [-0.39, 0.29) is 18.8 Å².